The molecule has 3 aromatic carbocycles. The third-order valence-corrected chi connectivity index (χ3v) is 9.45. The predicted octanol–water partition coefficient (Wildman–Crippen LogP) is 7.88. The molecular weight excluding hydrogens is 579 g/mol. The molecule has 3 aliphatic rings. The minimum atomic E-state index is -0.0845. The quantitative estimate of drug-likeness (QED) is 0.288. The predicted molar refractivity (Wildman–Crippen MR) is 181 cm³/mol. The van der Waals surface area contributed by atoms with Crippen LogP contribution in [0.1, 0.15) is 44.9 Å². The van der Waals surface area contributed by atoms with Crippen molar-refractivity contribution in [1.82, 2.24) is 5.32 Å². The number of benzene rings is 3. The summed E-state index contributed by atoms with van der Waals surface area (Å²) in [5.74, 6) is 0.896. The average molecular weight is 626 g/mol. The molecule has 232 valence electrons. The lowest BCUT2D eigenvalue weighted by atomic mass is 10.0. The molecule has 0 saturated carbocycles. The summed E-state index contributed by atoms with van der Waals surface area (Å²) < 4.78 is 11.6. The molecule has 0 aliphatic carbocycles. The number of nitrogens with zero attached hydrogens (tertiary/aromatic N) is 3. The molecule has 0 bridgehead atoms. The molecule has 0 aromatic heterocycles. The summed E-state index contributed by atoms with van der Waals surface area (Å²) in [6.45, 7) is 5.19. The fraction of sp³-hybridized carbons (Fsp3) is 0.486. The van der Waals surface area contributed by atoms with E-state index in [-0.39, 0.29) is 6.29 Å². The standard InChI is InChI=1S/C23H29ClN2O2.C12H17ClN2/c1-25(19-7-5-18(24)6-8-19)20-13-15-26(16-14-20)21-9-11-22(12-10-21)28-23-4-2-3-17-27-23;1-15(12-6-8-14-9-7-12)11-4-2-10(13)3-5-11/h5-12,20,23H,2-4,13-17H2,1H3;2-5,12,14H,6-9H2,1H3. The average Bonchev–Trinajstić information content (AvgIpc) is 3.06. The van der Waals surface area contributed by atoms with Gasteiger partial charge in [0.15, 0.2) is 6.29 Å². The minimum Gasteiger partial charge on any atom is -0.465 e. The van der Waals surface area contributed by atoms with Crippen molar-refractivity contribution in [2.45, 2.75) is 63.3 Å². The fourth-order valence-electron chi connectivity index (χ4n) is 6.17. The summed E-state index contributed by atoms with van der Waals surface area (Å²) in [5.41, 5.74) is 3.75. The van der Waals surface area contributed by atoms with Gasteiger partial charge >= 0.3 is 0 Å². The van der Waals surface area contributed by atoms with Crippen LogP contribution in [0.15, 0.2) is 72.8 Å². The van der Waals surface area contributed by atoms with Crippen LogP contribution < -0.4 is 24.8 Å². The highest BCUT2D eigenvalue weighted by molar-refractivity contribution is 6.30. The molecule has 3 fully saturated rings. The Kier molecular flexibility index (Phi) is 11.7. The second-order valence-electron chi connectivity index (χ2n) is 11.8. The Morgan fingerprint density at radius 2 is 1.23 bits per heavy atom. The van der Waals surface area contributed by atoms with Crippen molar-refractivity contribution in [3.05, 3.63) is 82.8 Å². The van der Waals surface area contributed by atoms with Crippen molar-refractivity contribution in [1.29, 1.82) is 0 Å². The molecule has 3 heterocycles. The number of ether oxygens (including phenoxy) is 2. The molecule has 6 nitrogen and oxygen atoms in total. The molecule has 3 saturated heterocycles. The number of hydrogen-bond acceptors (Lipinski definition) is 6. The molecule has 3 aromatic rings. The molecule has 1 N–H and O–H groups in total. The highest BCUT2D eigenvalue weighted by Crippen LogP contribution is 2.28. The summed E-state index contributed by atoms with van der Waals surface area (Å²) in [5, 5.41) is 4.97. The van der Waals surface area contributed by atoms with E-state index in [1.807, 2.05) is 24.3 Å². The fourth-order valence-corrected chi connectivity index (χ4v) is 6.42. The maximum atomic E-state index is 6.01. The van der Waals surface area contributed by atoms with Crippen LogP contribution in [0.2, 0.25) is 10.0 Å². The van der Waals surface area contributed by atoms with Gasteiger partial charge in [0.05, 0.1) is 6.61 Å². The summed E-state index contributed by atoms with van der Waals surface area (Å²) in [4.78, 5) is 7.21. The van der Waals surface area contributed by atoms with Gasteiger partial charge in [-0.2, -0.15) is 0 Å². The van der Waals surface area contributed by atoms with Crippen LogP contribution in [-0.2, 0) is 4.74 Å². The van der Waals surface area contributed by atoms with E-state index in [9.17, 15) is 0 Å². The van der Waals surface area contributed by atoms with Crippen LogP contribution in [0.25, 0.3) is 0 Å². The molecule has 0 amide bonds. The molecule has 1 atom stereocenters. The topological polar surface area (TPSA) is 40.2 Å². The van der Waals surface area contributed by atoms with Crippen LogP contribution in [0.4, 0.5) is 17.1 Å². The van der Waals surface area contributed by atoms with Crippen LogP contribution in [-0.4, -0.2) is 65.3 Å². The van der Waals surface area contributed by atoms with Gasteiger partial charge in [0, 0.05) is 72.8 Å². The van der Waals surface area contributed by atoms with E-state index in [2.05, 4.69) is 82.6 Å². The maximum absolute atomic E-state index is 6.01. The Morgan fingerprint density at radius 1 is 0.698 bits per heavy atom. The highest BCUT2D eigenvalue weighted by atomic mass is 35.5. The van der Waals surface area contributed by atoms with E-state index < -0.39 is 0 Å². The first-order chi connectivity index (χ1) is 21.0. The Hall–Kier alpha value is -2.64. The van der Waals surface area contributed by atoms with Crippen LogP contribution in [0.3, 0.4) is 0 Å². The molecule has 3 aliphatic heterocycles. The van der Waals surface area contributed by atoms with Crippen LogP contribution in [0, 0.1) is 0 Å². The summed E-state index contributed by atoms with van der Waals surface area (Å²) in [7, 11) is 4.35. The summed E-state index contributed by atoms with van der Waals surface area (Å²) >= 11 is 11.9. The second kappa shape index (κ2) is 15.9. The molecule has 43 heavy (non-hydrogen) atoms. The van der Waals surface area contributed by atoms with E-state index in [0.717, 1.165) is 74.3 Å². The summed E-state index contributed by atoms with van der Waals surface area (Å²) in [6, 6.07) is 25.9. The van der Waals surface area contributed by atoms with Gasteiger partial charge in [0.2, 0.25) is 0 Å². The van der Waals surface area contributed by atoms with Gasteiger partial charge in [0.1, 0.15) is 5.75 Å². The smallest absolute Gasteiger partial charge is 0.199 e. The van der Waals surface area contributed by atoms with Gasteiger partial charge in [-0.25, -0.2) is 0 Å². The zero-order valence-corrected chi connectivity index (χ0v) is 27.1. The second-order valence-corrected chi connectivity index (χ2v) is 12.7. The van der Waals surface area contributed by atoms with Gasteiger partial charge in [-0.15, -0.1) is 0 Å². The van der Waals surface area contributed by atoms with Gasteiger partial charge < -0.3 is 29.5 Å². The number of halogens is 2. The van der Waals surface area contributed by atoms with E-state index in [1.54, 1.807) is 0 Å². The Balaban J connectivity index is 0.000000207. The largest absolute Gasteiger partial charge is 0.465 e. The van der Waals surface area contributed by atoms with Gasteiger partial charge in [-0.1, -0.05) is 23.2 Å². The number of nitrogens with one attached hydrogen (secondary N) is 1. The highest BCUT2D eigenvalue weighted by Gasteiger charge is 2.23. The normalized spacial score (nSPS) is 19.7. The van der Waals surface area contributed by atoms with E-state index >= 15 is 0 Å². The molecule has 0 radical (unpaired) electrons. The van der Waals surface area contributed by atoms with E-state index in [0.29, 0.717) is 12.1 Å². The van der Waals surface area contributed by atoms with Crippen molar-refractivity contribution in [3.63, 3.8) is 0 Å². The first-order valence-electron chi connectivity index (χ1n) is 15.8. The van der Waals surface area contributed by atoms with Crippen molar-refractivity contribution in [3.8, 4) is 5.75 Å². The zero-order chi connectivity index (χ0) is 30.0. The van der Waals surface area contributed by atoms with Gasteiger partial charge in [-0.05, 0) is 124 Å². The molecule has 1 unspecified atom stereocenters. The molecule has 0 spiro atoms. The number of anilines is 3. The molecule has 8 heteroatoms. The van der Waals surface area contributed by atoms with Crippen molar-refractivity contribution < 1.29 is 9.47 Å². The maximum Gasteiger partial charge on any atom is 0.199 e. The van der Waals surface area contributed by atoms with Crippen LogP contribution >= 0.6 is 23.2 Å². The SMILES string of the molecule is CN(c1ccc(Cl)cc1)C1CCN(c2ccc(OC3CCCCO3)cc2)CC1.CN(c1ccc(Cl)cc1)C1CCNCC1. The van der Waals surface area contributed by atoms with Gasteiger partial charge in [0.25, 0.3) is 0 Å². The van der Waals surface area contributed by atoms with Crippen molar-refractivity contribution in [2.24, 2.45) is 0 Å². The molecule has 6 rings (SSSR count). The number of piperidine rings is 2. The van der Waals surface area contributed by atoms with Gasteiger partial charge in [-0.3, -0.25) is 0 Å². The summed E-state index contributed by atoms with van der Waals surface area (Å²) in [6.07, 6.45) is 7.96. The van der Waals surface area contributed by atoms with Crippen molar-refractivity contribution >= 4 is 40.3 Å². The Labute approximate surface area is 267 Å². The van der Waals surface area contributed by atoms with Crippen molar-refractivity contribution in [2.75, 3.05) is 61.6 Å². The number of rotatable bonds is 7. The lowest BCUT2D eigenvalue weighted by Crippen LogP contribution is -2.43. The van der Waals surface area contributed by atoms with E-state index in [4.69, 9.17) is 32.7 Å². The Morgan fingerprint density at radius 3 is 1.74 bits per heavy atom. The zero-order valence-electron chi connectivity index (χ0n) is 25.6. The first kappa shape index (κ1) is 31.8. The van der Waals surface area contributed by atoms with E-state index in [1.165, 1.54) is 36.3 Å². The Bertz CT molecular complexity index is 1220. The lowest BCUT2D eigenvalue weighted by molar-refractivity contribution is -0.105. The number of hydrogen-bond donors (Lipinski definition) is 1. The lowest BCUT2D eigenvalue weighted by Gasteiger charge is -2.39. The third-order valence-electron chi connectivity index (χ3n) is 8.94. The monoisotopic (exact) mass is 624 g/mol. The first-order valence-corrected chi connectivity index (χ1v) is 16.5. The minimum absolute atomic E-state index is 0.0845. The molecular formula is C35H46Cl2N4O2. The third kappa shape index (κ3) is 9.18. The van der Waals surface area contributed by atoms with Crippen LogP contribution in [0.5, 0.6) is 5.75 Å².